The van der Waals surface area contributed by atoms with Crippen molar-refractivity contribution in [3.05, 3.63) is 71.8 Å². The average Bonchev–Trinajstić information content (AvgIpc) is 2.83. The minimum atomic E-state index is -4.06. The number of hydrogen-bond acceptors (Lipinski definition) is 6. The Morgan fingerprint density at radius 3 is 1.97 bits per heavy atom. The number of amides is 1. The number of methoxy groups -OCH3 is 3. The molecule has 0 saturated carbocycles. The lowest BCUT2D eigenvalue weighted by atomic mass is 10.2. The highest BCUT2D eigenvalue weighted by Gasteiger charge is 2.29. The van der Waals surface area contributed by atoms with Crippen molar-refractivity contribution < 1.29 is 27.4 Å². The highest BCUT2D eigenvalue weighted by molar-refractivity contribution is 7.93. The van der Waals surface area contributed by atoms with Crippen LogP contribution in [-0.2, 0) is 14.8 Å². The second-order valence-electron chi connectivity index (χ2n) is 7.63. The van der Waals surface area contributed by atoms with Crippen molar-refractivity contribution in [2.75, 3.05) is 37.5 Å². The minimum absolute atomic E-state index is 0.138. The van der Waals surface area contributed by atoms with Crippen molar-refractivity contribution in [3.8, 4) is 17.2 Å². The number of anilines is 2. The van der Waals surface area contributed by atoms with Crippen LogP contribution in [-0.4, -0.2) is 42.2 Å². The molecule has 0 aromatic heterocycles. The number of carbonyl (C=O) groups is 1. The van der Waals surface area contributed by atoms with Gasteiger partial charge < -0.3 is 19.5 Å². The zero-order chi connectivity index (χ0) is 24.9. The Morgan fingerprint density at radius 1 is 0.824 bits per heavy atom. The van der Waals surface area contributed by atoms with Crippen LogP contribution >= 0.6 is 0 Å². The van der Waals surface area contributed by atoms with Crippen molar-refractivity contribution in [1.82, 2.24) is 0 Å². The minimum Gasteiger partial charge on any atom is -0.497 e. The Kier molecular flexibility index (Phi) is 7.68. The van der Waals surface area contributed by atoms with Crippen LogP contribution in [0.1, 0.15) is 11.1 Å². The first-order chi connectivity index (χ1) is 16.2. The van der Waals surface area contributed by atoms with Gasteiger partial charge in [0.05, 0.1) is 31.9 Å². The standard InChI is InChI=1S/C25H28N2O6S/c1-17-6-7-18(2)24(12-17)34(29,30)27(20-8-10-21(31-3)11-9-20)16-25(28)26-19-13-22(32-4)15-23(14-19)33-5/h6-15H,16H2,1-5H3,(H,26,28). The first kappa shape index (κ1) is 24.9. The summed E-state index contributed by atoms with van der Waals surface area (Å²) in [5, 5.41) is 2.73. The quantitative estimate of drug-likeness (QED) is 0.490. The van der Waals surface area contributed by atoms with Crippen LogP contribution in [0.5, 0.6) is 17.2 Å². The van der Waals surface area contributed by atoms with Gasteiger partial charge in [0.2, 0.25) is 5.91 Å². The number of nitrogens with one attached hydrogen (secondary N) is 1. The Hall–Kier alpha value is -3.72. The van der Waals surface area contributed by atoms with Crippen molar-refractivity contribution >= 4 is 27.3 Å². The van der Waals surface area contributed by atoms with Crippen LogP contribution < -0.4 is 23.8 Å². The molecule has 3 rings (SSSR count). The van der Waals surface area contributed by atoms with E-state index in [1.54, 1.807) is 61.5 Å². The monoisotopic (exact) mass is 484 g/mol. The summed E-state index contributed by atoms with van der Waals surface area (Å²) in [6.45, 7) is 3.10. The molecule has 0 spiro atoms. The van der Waals surface area contributed by atoms with Gasteiger partial charge in [0.25, 0.3) is 10.0 Å². The maximum Gasteiger partial charge on any atom is 0.265 e. The molecule has 180 valence electrons. The van der Waals surface area contributed by atoms with E-state index in [0.717, 1.165) is 9.87 Å². The largest absolute Gasteiger partial charge is 0.497 e. The van der Waals surface area contributed by atoms with Gasteiger partial charge in [-0.25, -0.2) is 8.42 Å². The molecule has 8 nitrogen and oxygen atoms in total. The van der Waals surface area contributed by atoms with E-state index in [0.29, 0.717) is 34.2 Å². The molecule has 0 aliphatic rings. The molecule has 34 heavy (non-hydrogen) atoms. The van der Waals surface area contributed by atoms with E-state index in [1.165, 1.54) is 21.3 Å². The number of ether oxygens (including phenoxy) is 3. The van der Waals surface area contributed by atoms with Gasteiger partial charge >= 0.3 is 0 Å². The van der Waals surface area contributed by atoms with E-state index < -0.39 is 22.5 Å². The summed E-state index contributed by atoms with van der Waals surface area (Å²) < 4.78 is 44.2. The molecular weight excluding hydrogens is 456 g/mol. The van der Waals surface area contributed by atoms with E-state index in [9.17, 15) is 13.2 Å². The van der Waals surface area contributed by atoms with Gasteiger partial charge in [0, 0.05) is 23.9 Å². The predicted molar refractivity (Wildman–Crippen MR) is 132 cm³/mol. The summed E-state index contributed by atoms with van der Waals surface area (Å²) in [4.78, 5) is 13.2. The molecule has 0 fully saturated rings. The lowest BCUT2D eigenvalue weighted by molar-refractivity contribution is -0.114. The third-order valence-electron chi connectivity index (χ3n) is 5.19. The second kappa shape index (κ2) is 10.5. The van der Waals surface area contributed by atoms with Crippen molar-refractivity contribution in [1.29, 1.82) is 0 Å². The topological polar surface area (TPSA) is 94.2 Å². The highest BCUT2D eigenvalue weighted by Crippen LogP contribution is 2.29. The average molecular weight is 485 g/mol. The fourth-order valence-electron chi connectivity index (χ4n) is 3.38. The molecule has 3 aromatic rings. The summed E-state index contributed by atoms with van der Waals surface area (Å²) in [5.41, 5.74) is 2.13. The molecule has 1 N–H and O–H groups in total. The van der Waals surface area contributed by atoms with Gasteiger partial charge in [-0.2, -0.15) is 0 Å². The van der Waals surface area contributed by atoms with Crippen molar-refractivity contribution in [3.63, 3.8) is 0 Å². The SMILES string of the molecule is COc1ccc(N(CC(=O)Nc2cc(OC)cc(OC)c2)S(=O)(=O)c2cc(C)ccc2C)cc1. The lowest BCUT2D eigenvalue weighted by Crippen LogP contribution is -2.38. The number of aryl methyl sites for hydroxylation is 2. The van der Waals surface area contributed by atoms with E-state index >= 15 is 0 Å². The maximum absolute atomic E-state index is 13.7. The fraction of sp³-hybridized carbons (Fsp3) is 0.240. The van der Waals surface area contributed by atoms with E-state index in [-0.39, 0.29) is 4.90 Å². The first-order valence-corrected chi connectivity index (χ1v) is 11.9. The number of hydrogen-bond donors (Lipinski definition) is 1. The normalized spacial score (nSPS) is 11.0. The van der Waals surface area contributed by atoms with Crippen LogP contribution in [0.4, 0.5) is 11.4 Å². The summed E-state index contributed by atoms with van der Waals surface area (Å²) in [6.07, 6.45) is 0. The smallest absolute Gasteiger partial charge is 0.265 e. The van der Waals surface area contributed by atoms with Crippen LogP contribution in [0.25, 0.3) is 0 Å². The van der Waals surface area contributed by atoms with Gasteiger partial charge in [-0.1, -0.05) is 12.1 Å². The molecular formula is C25H28N2O6S. The molecule has 0 bridgehead atoms. The van der Waals surface area contributed by atoms with Crippen molar-refractivity contribution in [2.24, 2.45) is 0 Å². The molecule has 1 amide bonds. The van der Waals surface area contributed by atoms with Crippen LogP contribution in [0.3, 0.4) is 0 Å². The fourth-order valence-corrected chi connectivity index (χ4v) is 5.11. The molecule has 0 heterocycles. The number of carbonyl (C=O) groups excluding carboxylic acids is 1. The van der Waals surface area contributed by atoms with Gasteiger partial charge in [-0.3, -0.25) is 9.10 Å². The van der Waals surface area contributed by atoms with Gasteiger partial charge in [0.1, 0.15) is 23.8 Å². The number of sulfonamides is 1. The Balaban J connectivity index is 1.99. The molecule has 0 radical (unpaired) electrons. The number of benzene rings is 3. The van der Waals surface area contributed by atoms with Gasteiger partial charge in [0.15, 0.2) is 0 Å². The third-order valence-corrected chi connectivity index (χ3v) is 7.11. The van der Waals surface area contributed by atoms with E-state index in [2.05, 4.69) is 5.32 Å². The van der Waals surface area contributed by atoms with Crippen molar-refractivity contribution in [2.45, 2.75) is 18.7 Å². The molecule has 0 saturated heterocycles. The van der Waals surface area contributed by atoms with E-state index in [1.807, 2.05) is 13.0 Å². The van der Waals surface area contributed by atoms with Gasteiger partial charge in [-0.05, 0) is 55.3 Å². The van der Waals surface area contributed by atoms with Crippen LogP contribution in [0.15, 0.2) is 65.6 Å². The second-order valence-corrected chi connectivity index (χ2v) is 9.46. The molecule has 0 unspecified atom stereocenters. The van der Waals surface area contributed by atoms with Crippen LogP contribution in [0, 0.1) is 13.8 Å². The summed E-state index contributed by atoms with van der Waals surface area (Å²) in [6, 6.07) is 16.6. The Morgan fingerprint density at radius 2 is 1.41 bits per heavy atom. The molecule has 9 heteroatoms. The summed E-state index contributed by atoms with van der Waals surface area (Å²) in [5.74, 6) is 1.02. The Labute approximate surface area is 200 Å². The maximum atomic E-state index is 13.7. The molecule has 0 atom stereocenters. The Bertz CT molecular complexity index is 1250. The summed E-state index contributed by atoms with van der Waals surface area (Å²) in [7, 11) is 0.471. The number of rotatable bonds is 9. The summed E-state index contributed by atoms with van der Waals surface area (Å²) >= 11 is 0. The zero-order valence-corrected chi connectivity index (χ0v) is 20.6. The first-order valence-electron chi connectivity index (χ1n) is 10.4. The predicted octanol–water partition coefficient (Wildman–Crippen LogP) is 4.16. The van der Waals surface area contributed by atoms with Crippen LogP contribution in [0.2, 0.25) is 0 Å². The van der Waals surface area contributed by atoms with Gasteiger partial charge in [-0.15, -0.1) is 0 Å². The lowest BCUT2D eigenvalue weighted by Gasteiger charge is -2.25. The zero-order valence-electron chi connectivity index (χ0n) is 19.8. The van der Waals surface area contributed by atoms with E-state index in [4.69, 9.17) is 14.2 Å². The highest BCUT2D eigenvalue weighted by atomic mass is 32.2. The molecule has 0 aliphatic heterocycles. The third kappa shape index (κ3) is 5.60. The molecule has 0 aliphatic carbocycles. The molecule has 3 aromatic carbocycles. The number of nitrogens with zero attached hydrogens (tertiary/aromatic N) is 1.